The van der Waals surface area contributed by atoms with Crippen LogP contribution >= 0.6 is 0 Å². The van der Waals surface area contributed by atoms with E-state index in [-0.39, 0.29) is 16.3 Å². The second-order valence-electron chi connectivity index (χ2n) is 6.23. The third-order valence-electron chi connectivity index (χ3n) is 2.84. The minimum atomic E-state index is -3.76. The van der Waals surface area contributed by atoms with E-state index in [9.17, 15) is 23.3 Å². The number of hydrogen-bond donors (Lipinski definition) is 2. The van der Waals surface area contributed by atoms with Crippen molar-refractivity contribution >= 4 is 27.5 Å². The van der Waals surface area contributed by atoms with Crippen molar-refractivity contribution in [1.82, 2.24) is 4.72 Å². The van der Waals surface area contributed by atoms with E-state index < -0.39 is 32.3 Å². The first-order valence-corrected chi connectivity index (χ1v) is 8.66. The maximum atomic E-state index is 12.3. The molecule has 0 spiro atoms. The monoisotopic (exact) mass is 367 g/mol. The van der Waals surface area contributed by atoms with Crippen LogP contribution in [0.3, 0.4) is 0 Å². The van der Waals surface area contributed by atoms with Gasteiger partial charge in [-0.25, -0.2) is 13.1 Å². The lowest BCUT2D eigenvalue weighted by Gasteiger charge is -2.20. The highest BCUT2D eigenvalue weighted by atomic mass is 32.2. The number of nitro groups is 1. The van der Waals surface area contributed by atoms with Gasteiger partial charge in [0.1, 0.15) is 4.92 Å². The van der Waals surface area contributed by atoms with E-state index in [0.717, 1.165) is 12.1 Å². The van der Waals surface area contributed by atoms with E-state index in [1.165, 1.54) is 24.3 Å². The Kier molecular flexibility index (Phi) is 4.95. The van der Waals surface area contributed by atoms with Crippen LogP contribution in [0.1, 0.15) is 31.3 Å². The number of sulfonamides is 1. The van der Waals surface area contributed by atoms with Crippen molar-refractivity contribution in [1.29, 1.82) is 0 Å². The van der Waals surface area contributed by atoms with E-state index in [2.05, 4.69) is 10.0 Å². The zero-order chi connectivity index (χ0) is 18.8. The standard InChI is InChI=1S/C15H17N3O6S/c1-15(2,3)17-25(22,23)11-6-4-5-10(9-11)16-14(19)12-7-8-13(24-12)18(20)21/h4-9,17H,1-3H3,(H,16,19). The summed E-state index contributed by atoms with van der Waals surface area (Å²) in [5, 5.41) is 13.0. The number of hydrogen-bond acceptors (Lipinski definition) is 6. The van der Waals surface area contributed by atoms with E-state index in [0.29, 0.717) is 0 Å². The van der Waals surface area contributed by atoms with Crippen LogP contribution in [-0.2, 0) is 10.0 Å². The third kappa shape index (κ3) is 4.88. The van der Waals surface area contributed by atoms with Crippen molar-refractivity contribution in [3.8, 4) is 0 Å². The summed E-state index contributed by atoms with van der Waals surface area (Å²) in [6, 6.07) is 7.85. The van der Waals surface area contributed by atoms with Gasteiger partial charge in [0, 0.05) is 11.2 Å². The maximum absolute atomic E-state index is 12.3. The van der Waals surface area contributed by atoms with Crippen molar-refractivity contribution in [2.45, 2.75) is 31.2 Å². The lowest BCUT2D eigenvalue weighted by atomic mass is 10.1. The van der Waals surface area contributed by atoms with Crippen LogP contribution < -0.4 is 10.0 Å². The maximum Gasteiger partial charge on any atom is 0.433 e. The van der Waals surface area contributed by atoms with E-state index in [1.54, 1.807) is 20.8 Å². The topological polar surface area (TPSA) is 132 Å². The Bertz CT molecular complexity index is 911. The summed E-state index contributed by atoms with van der Waals surface area (Å²) in [5.41, 5.74) is -0.452. The SMILES string of the molecule is CC(C)(C)NS(=O)(=O)c1cccc(NC(=O)c2ccc([N+](=O)[O-])o2)c1. The predicted molar refractivity (Wildman–Crippen MR) is 89.8 cm³/mol. The summed E-state index contributed by atoms with van der Waals surface area (Å²) in [5.74, 6) is -1.55. The molecule has 0 unspecified atom stereocenters. The first kappa shape index (κ1) is 18.6. The first-order chi connectivity index (χ1) is 11.5. The molecule has 2 N–H and O–H groups in total. The molecular formula is C15H17N3O6S. The fourth-order valence-corrected chi connectivity index (χ4v) is 3.41. The van der Waals surface area contributed by atoms with Gasteiger partial charge in [0.2, 0.25) is 10.0 Å². The molecule has 2 rings (SSSR count). The first-order valence-electron chi connectivity index (χ1n) is 7.17. The molecule has 1 aromatic carbocycles. The molecule has 2 aromatic rings. The van der Waals surface area contributed by atoms with Gasteiger partial charge in [0.05, 0.1) is 11.0 Å². The fraction of sp³-hybridized carbons (Fsp3) is 0.267. The molecular weight excluding hydrogens is 350 g/mol. The minimum absolute atomic E-state index is 0.0225. The highest BCUT2D eigenvalue weighted by molar-refractivity contribution is 7.89. The second-order valence-corrected chi connectivity index (χ2v) is 7.91. The van der Waals surface area contributed by atoms with Gasteiger partial charge in [-0.15, -0.1) is 0 Å². The van der Waals surface area contributed by atoms with Gasteiger partial charge in [-0.1, -0.05) is 6.07 Å². The van der Waals surface area contributed by atoms with Crippen LogP contribution in [-0.4, -0.2) is 24.8 Å². The zero-order valence-electron chi connectivity index (χ0n) is 13.8. The number of nitrogens with zero attached hydrogens (tertiary/aromatic N) is 1. The number of rotatable bonds is 5. The number of carbonyl (C=O) groups excluding carboxylic acids is 1. The van der Waals surface area contributed by atoms with E-state index in [1.807, 2.05) is 0 Å². The smallest absolute Gasteiger partial charge is 0.395 e. The number of nitrogens with one attached hydrogen (secondary N) is 2. The minimum Gasteiger partial charge on any atom is -0.395 e. The van der Waals surface area contributed by atoms with Crippen LogP contribution in [0.2, 0.25) is 0 Å². The molecule has 0 aliphatic heterocycles. The summed E-state index contributed by atoms with van der Waals surface area (Å²) in [4.78, 5) is 21.8. The average Bonchev–Trinajstić information content (AvgIpc) is 2.95. The fourth-order valence-electron chi connectivity index (χ4n) is 1.94. The largest absolute Gasteiger partial charge is 0.433 e. The highest BCUT2D eigenvalue weighted by Gasteiger charge is 2.23. The number of anilines is 1. The summed E-state index contributed by atoms with van der Waals surface area (Å²) < 4.78 is 31.9. The van der Waals surface area contributed by atoms with Gasteiger partial charge in [0.25, 0.3) is 5.91 Å². The number of benzene rings is 1. The molecule has 0 atom stereocenters. The Hall–Kier alpha value is -2.72. The van der Waals surface area contributed by atoms with Gasteiger partial charge in [-0.2, -0.15) is 0 Å². The van der Waals surface area contributed by atoms with Gasteiger partial charge < -0.3 is 9.73 Å². The van der Waals surface area contributed by atoms with Crippen molar-refractivity contribution in [3.63, 3.8) is 0 Å². The van der Waals surface area contributed by atoms with Gasteiger partial charge >= 0.3 is 5.88 Å². The van der Waals surface area contributed by atoms with Crippen molar-refractivity contribution in [2.24, 2.45) is 0 Å². The van der Waals surface area contributed by atoms with Gasteiger partial charge in [-0.3, -0.25) is 14.9 Å². The quantitative estimate of drug-likeness (QED) is 0.616. The second kappa shape index (κ2) is 6.65. The van der Waals surface area contributed by atoms with Crippen LogP contribution in [0.15, 0.2) is 45.7 Å². The third-order valence-corrected chi connectivity index (χ3v) is 4.59. The lowest BCUT2D eigenvalue weighted by Crippen LogP contribution is -2.40. The molecule has 0 bridgehead atoms. The molecule has 0 saturated carbocycles. The molecule has 1 heterocycles. The summed E-state index contributed by atoms with van der Waals surface area (Å²) in [6.07, 6.45) is 0. The Morgan fingerprint density at radius 1 is 1.20 bits per heavy atom. The molecule has 9 nitrogen and oxygen atoms in total. The number of amides is 1. The highest BCUT2D eigenvalue weighted by Crippen LogP contribution is 2.20. The lowest BCUT2D eigenvalue weighted by molar-refractivity contribution is -0.402. The zero-order valence-corrected chi connectivity index (χ0v) is 14.6. The van der Waals surface area contributed by atoms with E-state index >= 15 is 0 Å². The van der Waals surface area contributed by atoms with Gasteiger partial charge in [0.15, 0.2) is 5.76 Å². The molecule has 0 fully saturated rings. The summed E-state index contributed by atoms with van der Waals surface area (Å²) >= 11 is 0. The Morgan fingerprint density at radius 2 is 1.88 bits per heavy atom. The number of carbonyl (C=O) groups is 1. The van der Waals surface area contributed by atoms with Crippen LogP contribution in [0.4, 0.5) is 11.6 Å². The van der Waals surface area contributed by atoms with Crippen LogP contribution in [0, 0.1) is 10.1 Å². The predicted octanol–water partition coefficient (Wildman–Crippen LogP) is 2.52. The van der Waals surface area contributed by atoms with Crippen LogP contribution in [0.25, 0.3) is 0 Å². The number of furan rings is 1. The normalized spacial score (nSPS) is 12.0. The molecule has 0 saturated heterocycles. The molecule has 10 heteroatoms. The molecule has 134 valence electrons. The Labute approximate surface area is 144 Å². The Morgan fingerprint density at radius 3 is 2.44 bits per heavy atom. The van der Waals surface area contributed by atoms with Crippen molar-refractivity contribution in [2.75, 3.05) is 5.32 Å². The molecule has 25 heavy (non-hydrogen) atoms. The molecule has 0 aliphatic rings. The molecule has 1 aromatic heterocycles. The van der Waals surface area contributed by atoms with Crippen molar-refractivity contribution in [3.05, 3.63) is 52.3 Å². The summed E-state index contributed by atoms with van der Waals surface area (Å²) in [7, 11) is -3.76. The van der Waals surface area contributed by atoms with Gasteiger partial charge in [-0.05, 0) is 45.0 Å². The van der Waals surface area contributed by atoms with E-state index in [4.69, 9.17) is 4.42 Å². The van der Waals surface area contributed by atoms with Crippen molar-refractivity contribution < 1.29 is 22.6 Å². The molecule has 0 radical (unpaired) electrons. The Balaban J connectivity index is 2.21. The van der Waals surface area contributed by atoms with Crippen LogP contribution in [0.5, 0.6) is 0 Å². The average molecular weight is 367 g/mol. The molecule has 1 amide bonds. The molecule has 0 aliphatic carbocycles. The summed E-state index contributed by atoms with van der Waals surface area (Å²) in [6.45, 7) is 5.12.